The second-order valence-corrected chi connectivity index (χ2v) is 6.04. The Bertz CT molecular complexity index is 693. The summed E-state index contributed by atoms with van der Waals surface area (Å²) < 4.78 is 9.05. The van der Waals surface area contributed by atoms with Gasteiger partial charge in [0.1, 0.15) is 0 Å². The third-order valence-electron chi connectivity index (χ3n) is 4.55. The van der Waals surface area contributed by atoms with E-state index in [9.17, 15) is 19.2 Å². The van der Waals surface area contributed by atoms with Crippen molar-refractivity contribution in [2.45, 2.75) is 12.8 Å². The highest BCUT2D eigenvalue weighted by atomic mass is 16.6. The van der Waals surface area contributed by atoms with Crippen LogP contribution in [0.4, 0.5) is 11.4 Å². The van der Waals surface area contributed by atoms with Crippen molar-refractivity contribution in [2.24, 2.45) is 23.7 Å². The molecular weight excluding hydrogens is 316 g/mol. The molecule has 3 aliphatic rings. The lowest BCUT2D eigenvalue weighted by Crippen LogP contribution is -2.37. The molecule has 4 unspecified atom stereocenters. The lowest BCUT2D eigenvalue weighted by atomic mass is 9.83. The Morgan fingerprint density at radius 3 is 1.92 bits per heavy atom. The monoisotopic (exact) mass is 332 g/mol. The van der Waals surface area contributed by atoms with Crippen molar-refractivity contribution in [3.63, 3.8) is 0 Å². The number of benzene rings is 1. The summed E-state index contributed by atoms with van der Waals surface area (Å²) in [5, 5.41) is 0. The number of cyclic esters (lactones) is 4. The summed E-state index contributed by atoms with van der Waals surface area (Å²) >= 11 is 0. The molecule has 0 spiro atoms. The Hall–Kier alpha value is -2.90. The summed E-state index contributed by atoms with van der Waals surface area (Å²) in [5.74, 6) is -4.83. The molecule has 4 N–H and O–H groups in total. The zero-order valence-corrected chi connectivity index (χ0v) is 12.6. The van der Waals surface area contributed by atoms with Crippen LogP contribution in [0.3, 0.4) is 0 Å². The van der Waals surface area contributed by atoms with Gasteiger partial charge in [-0.25, -0.2) is 0 Å². The number of hydrogen-bond donors (Lipinski definition) is 2. The van der Waals surface area contributed by atoms with Crippen molar-refractivity contribution in [3.8, 4) is 0 Å². The van der Waals surface area contributed by atoms with E-state index in [1.807, 2.05) is 0 Å². The average molecular weight is 332 g/mol. The van der Waals surface area contributed by atoms with Gasteiger partial charge in [0.2, 0.25) is 0 Å². The molecule has 3 fully saturated rings. The molecule has 8 heteroatoms. The van der Waals surface area contributed by atoms with Gasteiger partial charge in [0, 0.05) is 11.4 Å². The van der Waals surface area contributed by atoms with E-state index in [0.29, 0.717) is 6.42 Å². The lowest BCUT2D eigenvalue weighted by Gasteiger charge is -2.24. The summed E-state index contributed by atoms with van der Waals surface area (Å²) in [6.45, 7) is 0. The number of anilines is 2. The molecule has 0 amide bonds. The van der Waals surface area contributed by atoms with Crippen LogP contribution >= 0.6 is 0 Å². The fourth-order valence-corrected chi connectivity index (χ4v) is 3.43. The minimum atomic E-state index is -0.694. The van der Waals surface area contributed by atoms with E-state index in [2.05, 4.69) is 9.47 Å². The van der Waals surface area contributed by atoms with Crippen LogP contribution in [0, 0.1) is 23.7 Å². The Labute approximate surface area is 137 Å². The van der Waals surface area contributed by atoms with Gasteiger partial charge in [0.05, 0.1) is 24.2 Å². The summed E-state index contributed by atoms with van der Waals surface area (Å²) in [5.41, 5.74) is 12.2. The van der Waals surface area contributed by atoms with Gasteiger partial charge in [-0.05, 0) is 36.6 Å². The molecule has 1 saturated carbocycles. The molecule has 2 aliphatic heterocycles. The fourth-order valence-electron chi connectivity index (χ4n) is 3.43. The molecule has 0 aromatic heterocycles. The van der Waals surface area contributed by atoms with Gasteiger partial charge in [-0.15, -0.1) is 0 Å². The number of nitrogens with two attached hydrogens (primary N) is 2. The van der Waals surface area contributed by atoms with Crippen LogP contribution in [0.15, 0.2) is 24.3 Å². The van der Waals surface area contributed by atoms with E-state index < -0.39 is 47.5 Å². The third kappa shape index (κ3) is 2.82. The van der Waals surface area contributed by atoms with Gasteiger partial charge in [-0.3, -0.25) is 19.2 Å². The summed E-state index contributed by atoms with van der Waals surface area (Å²) in [4.78, 5) is 45.5. The van der Waals surface area contributed by atoms with Crippen LogP contribution in [0.5, 0.6) is 0 Å². The zero-order valence-electron chi connectivity index (χ0n) is 12.6. The lowest BCUT2D eigenvalue weighted by molar-refractivity contribution is -0.174. The number of rotatable bonds is 0. The van der Waals surface area contributed by atoms with Crippen molar-refractivity contribution in [2.75, 3.05) is 11.5 Å². The van der Waals surface area contributed by atoms with E-state index in [1.54, 1.807) is 24.3 Å². The molecule has 1 aliphatic carbocycles. The molecule has 2 heterocycles. The maximum absolute atomic E-state index is 11.5. The van der Waals surface area contributed by atoms with E-state index >= 15 is 0 Å². The highest BCUT2D eigenvalue weighted by Crippen LogP contribution is 2.49. The number of carbonyl (C=O) groups is 4. The first-order valence-corrected chi connectivity index (χ1v) is 7.48. The molecular formula is C16H16N2O6. The van der Waals surface area contributed by atoms with E-state index in [4.69, 9.17) is 11.5 Å². The van der Waals surface area contributed by atoms with Gasteiger partial charge in [0.15, 0.2) is 0 Å². The quantitative estimate of drug-likeness (QED) is 0.392. The van der Waals surface area contributed by atoms with Gasteiger partial charge in [-0.2, -0.15) is 0 Å². The van der Waals surface area contributed by atoms with E-state index in [-0.39, 0.29) is 6.42 Å². The maximum Gasteiger partial charge on any atom is 0.317 e. The molecule has 2 saturated heterocycles. The number of esters is 4. The highest BCUT2D eigenvalue weighted by Gasteiger charge is 2.60. The van der Waals surface area contributed by atoms with Gasteiger partial charge >= 0.3 is 23.9 Å². The highest BCUT2D eigenvalue weighted by molar-refractivity contribution is 5.99. The smallest absolute Gasteiger partial charge is 0.317 e. The fraction of sp³-hybridized carbons (Fsp3) is 0.375. The first-order valence-electron chi connectivity index (χ1n) is 7.48. The second-order valence-electron chi connectivity index (χ2n) is 6.04. The Balaban J connectivity index is 0.000000179. The molecule has 4 atom stereocenters. The minimum Gasteiger partial charge on any atom is -0.399 e. The summed E-state index contributed by atoms with van der Waals surface area (Å²) in [6.07, 6.45) is 0.315. The van der Waals surface area contributed by atoms with Crippen LogP contribution in [0.1, 0.15) is 12.8 Å². The molecule has 1 aromatic carbocycles. The predicted octanol–water partition coefficient (Wildman–Crippen LogP) is 0.263. The average Bonchev–Trinajstić information content (AvgIpc) is 2.86. The molecule has 4 rings (SSSR count). The topological polar surface area (TPSA) is 139 Å². The number of fused-ring (bicyclic) bond motifs is 5. The van der Waals surface area contributed by atoms with E-state index in [1.165, 1.54) is 0 Å². The van der Waals surface area contributed by atoms with Crippen LogP contribution < -0.4 is 11.5 Å². The molecule has 8 nitrogen and oxygen atoms in total. The molecule has 1 aromatic rings. The third-order valence-corrected chi connectivity index (χ3v) is 4.55. The zero-order chi connectivity index (χ0) is 17.4. The number of nitrogen functional groups attached to an aromatic ring is 2. The SMILES string of the molecule is Nc1ccc(N)cc1.O=C1CC2C3CC(C(=O)OC3=O)C2C(=O)O1. The first-order chi connectivity index (χ1) is 11.4. The Kier molecular flexibility index (Phi) is 3.96. The molecule has 2 bridgehead atoms. The van der Waals surface area contributed by atoms with Crippen LogP contribution in [0.2, 0.25) is 0 Å². The largest absolute Gasteiger partial charge is 0.399 e. The molecule has 126 valence electrons. The van der Waals surface area contributed by atoms with Crippen molar-refractivity contribution >= 4 is 35.3 Å². The van der Waals surface area contributed by atoms with Crippen LogP contribution in [0.25, 0.3) is 0 Å². The predicted molar refractivity (Wildman–Crippen MR) is 80.7 cm³/mol. The van der Waals surface area contributed by atoms with Crippen LogP contribution in [-0.4, -0.2) is 23.9 Å². The number of hydrogen-bond acceptors (Lipinski definition) is 8. The maximum atomic E-state index is 11.5. The number of carbonyl (C=O) groups excluding carboxylic acids is 4. The van der Waals surface area contributed by atoms with Crippen molar-refractivity contribution in [1.29, 1.82) is 0 Å². The van der Waals surface area contributed by atoms with Crippen LogP contribution in [-0.2, 0) is 28.7 Å². The molecule has 0 radical (unpaired) electrons. The van der Waals surface area contributed by atoms with Gasteiger partial charge in [0.25, 0.3) is 0 Å². The standard InChI is InChI=1S/C10H8O6.C6H8N2/c11-6-2-3-4-1-5(7(3)10(14)15-6)9(13)16-8(4)12;7-5-1-2-6(8)4-3-5/h3-5,7H,1-2H2;1-4H,7-8H2. The van der Waals surface area contributed by atoms with Crippen molar-refractivity contribution in [3.05, 3.63) is 24.3 Å². The van der Waals surface area contributed by atoms with Gasteiger partial charge < -0.3 is 20.9 Å². The van der Waals surface area contributed by atoms with Gasteiger partial charge in [-0.1, -0.05) is 0 Å². The number of ether oxygens (including phenoxy) is 2. The Morgan fingerprint density at radius 2 is 1.33 bits per heavy atom. The van der Waals surface area contributed by atoms with E-state index in [0.717, 1.165) is 11.4 Å². The van der Waals surface area contributed by atoms with Crippen molar-refractivity contribution < 1.29 is 28.7 Å². The first kappa shape index (κ1) is 16.0. The molecule has 24 heavy (non-hydrogen) atoms. The normalized spacial score (nSPS) is 30.7. The second kappa shape index (κ2) is 5.95. The van der Waals surface area contributed by atoms with Crippen molar-refractivity contribution in [1.82, 2.24) is 0 Å². The Morgan fingerprint density at radius 1 is 0.792 bits per heavy atom. The summed E-state index contributed by atoms with van der Waals surface area (Å²) in [6, 6.07) is 7.09. The minimum absolute atomic E-state index is 0.0138. The summed E-state index contributed by atoms with van der Waals surface area (Å²) in [7, 11) is 0.